The molecule has 0 unspecified atom stereocenters. The predicted octanol–water partition coefficient (Wildman–Crippen LogP) is 1.34. The first kappa shape index (κ1) is 26.6. The van der Waals surface area contributed by atoms with Crippen molar-refractivity contribution >= 4 is 18.3 Å². The highest BCUT2D eigenvalue weighted by Crippen LogP contribution is 2.67. The lowest BCUT2D eigenvalue weighted by molar-refractivity contribution is -0.368. The van der Waals surface area contributed by atoms with Crippen molar-refractivity contribution < 1.29 is 38.8 Å². The Morgan fingerprint density at radius 3 is 2.41 bits per heavy atom. The molecule has 0 spiro atoms. The van der Waals surface area contributed by atoms with E-state index in [0.717, 1.165) is 0 Å². The molecule has 1 heterocycles. The number of rotatable bonds is 5. The second-order valence-corrected chi connectivity index (χ2v) is 11.4. The van der Waals surface area contributed by atoms with Crippen LogP contribution in [0, 0.1) is 16.7 Å². The molecule has 3 aliphatic rings. The van der Waals surface area contributed by atoms with Gasteiger partial charge in [-0.25, -0.2) is 9.80 Å². The van der Waals surface area contributed by atoms with E-state index in [4.69, 9.17) is 14.2 Å². The molecule has 34 heavy (non-hydrogen) atoms. The number of aliphatic hydroxyl groups is 2. The van der Waals surface area contributed by atoms with Gasteiger partial charge in [0, 0.05) is 31.8 Å². The van der Waals surface area contributed by atoms with Gasteiger partial charge in [0.15, 0.2) is 17.5 Å². The van der Waals surface area contributed by atoms with E-state index in [9.17, 15) is 24.6 Å². The third-order valence-electron chi connectivity index (χ3n) is 8.46. The smallest absolute Gasteiger partial charge is 0.422 e. The van der Waals surface area contributed by atoms with Crippen molar-refractivity contribution in [3.05, 3.63) is 12.7 Å². The van der Waals surface area contributed by atoms with Gasteiger partial charge < -0.3 is 24.4 Å². The molecule has 0 radical (unpaired) electrons. The molecule has 0 aromatic carbocycles. The first-order valence-corrected chi connectivity index (χ1v) is 11.6. The van der Waals surface area contributed by atoms with Gasteiger partial charge in [-0.3, -0.25) is 15.0 Å². The van der Waals surface area contributed by atoms with Crippen molar-refractivity contribution in [1.82, 2.24) is 10.4 Å². The van der Waals surface area contributed by atoms with Gasteiger partial charge >= 0.3 is 6.09 Å². The van der Waals surface area contributed by atoms with Crippen LogP contribution in [0.25, 0.3) is 0 Å². The number of ketones is 1. The summed E-state index contributed by atoms with van der Waals surface area (Å²) in [5.74, 6) is -1.30. The summed E-state index contributed by atoms with van der Waals surface area (Å²) in [4.78, 5) is 38.3. The van der Waals surface area contributed by atoms with Gasteiger partial charge in [-0.1, -0.05) is 26.8 Å². The first-order chi connectivity index (χ1) is 15.5. The number of aliphatic hydroxyl groups excluding tert-OH is 1. The molecule has 1 amide bonds. The van der Waals surface area contributed by atoms with Crippen LogP contribution < -0.4 is 5.43 Å². The van der Waals surface area contributed by atoms with Crippen LogP contribution in [-0.4, -0.2) is 82.8 Å². The predicted molar refractivity (Wildman–Crippen MR) is 121 cm³/mol. The third kappa shape index (κ3) is 3.49. The standard InChI is InChI=1S/C24H38N2O8/c1-9-21(4)12-15(29)24(31)22(5)14(28)10-11-20(2,3)17(22)16(32-13-27)18(23(24,6)34-21)33-19(30)25-26(7)8/h9,13-14,16-18,28,31H,1,10-12H2,2-8H3,(H,25,30)/t14-,16-,17-,18-,21-,22-,23+,24-/m0/s1. The second kappa shape index (κ2) is 8.29. The molecular formula is C24H38N2O8. The fourth-order valence-electron chi connectivity index (χ4n) is 6.97. The minimum atomic E-state index is -2.27. The van der Waals surface area contributed by atoms with Crippen LogP contribution in [0.4, 0.5) is 4.79 Å². The summed E-state index contributed by atoms with van der Waals surface area (Å²) in [5.41, 5.74) is -4.95. The number of carbonyl (C=O) groups excluding carboxylic acids is 3. The molecule has 2 aliphatic carbocycles. The Kier molecular flexibility index (Phi) is 6.48. The normalized spacial score (nSPS) is 45.5. The lowest BCUT2D eigenvalue weighted by atomic mass is 9.39. The zero-order valence-corrected chi connectivity index (χ0v) is 21.1. The van der Waals surface area contributed by atoms with Crippen molar-refractivity contribution in [3.8, 4) is 0 Å². The zero-order chi connectivity index (χ0) is 25.9. The fraction of sp³-hybridized carbons (Fsp3) is 0.792. The highest BCUT2D eigenvalue weighted by molar-refractivity contribution is 5.92. The van der Waals surface area contributed by atoms with E-state index in [-0.39, 0.29) is 12.9 Å². The molecule has 0 aromatic heterocycles. The summed E-state index contributed by atoms with van der Waals surface area (Å²) in [6.07, 6.45) is -2.35. The topological polar surface area (TPSA) is 135 Å². The number of Topliss-reactive ketones (excluding diaryl/α,β-unsaturated/α-hetero) is 1. The van der Waals surface area contributed by atoms with Crippen molar-refractivity contribution in [2.75, 3.05) is 14.1 Å². The molecule has 10 heteroatoms. The number of hydrazine groups is 1. The maximum absolute atomic E-state index is 13.9. The quantitative estimate of drug-likeness (QED) is 0.301. The zero-order valence-electron chi connectivity index (χ0n) is 21.1. The summed E-state index contributed by atoms with van der Waals surface area (Å²) >= 11 is 0. The molecule has 3 fully saturated rings. The van der Waals surface area contributed by atoms with Crippen LogP contribution in [0.5, 0.6) is 0 Å². The highest BCUT2D eigenvalue weighted by Gasteiger charge is 2.82. The van der Waals surface area contributed by atoms with Crippen molar-refractivity contribution in [1.29, 1.82) is 0 Å². The number of nitrogens with zero attached hydrogens (tertiary/aromatic N) is 1. The molecule has 3 N–H and O–H groups in total. The molecule has 0 bridgehead atoms. The van der Waals surface area contributed by atoms with Crippen molar-refractivity contribution in [2.45, 2.75) is 89.0 Å². The lowest BCUT2D eigenvalue weighted by Crippen LogP contribution is -2.87. The summed E-state index contributed by atoms with van der Waals surface area (Å²) in [7, 11) is 3.18. The third-order valence-corrected chi connectivity index (χ3v) is 8.46. The number of ether oxygens (including phenoxy) is 3. The molecule has 192 valence electrons. The minimum absolute atomic E-state index is 0.187. The van der Waals surface area contributed by atoms with Crippen LogP contribution >= 0.6 is 0 Å². The molecule has 2 saturated carbocycles. The van der Waals surface area contributed by atoms with Crippen LogP contribution in [0.15, 0.2) is 12.7 Å². The van der Waals surface area contributed by atoms with Crippen LogP contribution in [-0.2, 0) is 23.8 Å². The summed E-state index contributed by atoms with van der Waals surface area (Å²) in [6.45, 7) is 12.6. The molecule has 1 saturated heterocycles. The van der Waals surface area contributed by atoms with Crippen LogP contribution in [0.1, 0.15) is 53.9 Å². The minimum Gasteiger partial charge on any atom is -0.460 e. The van der Waals surface area contributed by atoms with Gasteiger partial charge in [-0.05, 0) is 32.1 Å². The fourth-order valence-corrected chi connectivity index (χ4v) is 6.97. The Morgan fingerprint density at radius 1 is 1.26 bits per heavy atom. The number of carbonyl (C=O) groups is 3. The Balaban J connectivity index is 2.32. The average molecular weight is 483 g/mol. The van der Waals surface area contributed by atoms with E-state index in [1.54, 1.807) is 27.9 Å². The Labute approximate surface area is 200 Å². The van der Waals surface area contributed by atoms with E-state index < -0.39 is 63.7 Å². The number of fused-ring (bicyclic) bond motifs is 3. The Bertz CT molecular complexity index is 877. The first-order valence-electron chi connectivity index (χ1n) is 11.6. The second-order valence-electron chi connectivity index (χ2n) is 11.4. The summed E-state index contributed by atoms with van der Waals surface area (Å²) < 4.78 is 17.8. The van der Waals surface area contributed by atoms with Gasteiger partial charge in [0.25, 0.3) is 6.47 Å². The SMILES string of the molecule is C=C[C@@]1(C)CC(=O)[C@]2(O)[C@@]3(C)[C@@H](O)CCC(C)(C)[C@@H]3[C@H](OC=O)[C@H](OC(=O)NN(C)C)[C@@]2(C)O1. The van der Waals surface area contributed by atoms with E-state index in [2.05, 4.69) is 12.0 Å². The summed E-state index contributed by atoms with van der Waals surface area (Å²) in [6, 6.07) is 0. The van der Waals surface area contributed by atoms with Crippen LogP contribution in [0.2, 0.25) is 0 Å². The number of hydrogen-bond acceptors (Lipinski definition) is 9. The van der Waals surface area contributed by atoms with E-state index >= 15 is 0 Å². The van der Waals surface area contributed by atoms with Gasteiger partial charge in [0.1, 0.15) is 11.7 Å². The average Bonchev–Trinajstić information content (AvgIpc) is 2.71. The molecule has 0 aromatic rings. The van der Waals surface area contributed by atoms with Crippen molar-refractivity contribution in [2.24, 2.45) is 16.7 Å². The molecule has 8 atom stereocenters. The Hall–Kier alpha value is -2.01. The van der Waals surface area contributed by atoms with Gasteiger partial charge in [0.2, 0.25) is 0 Å². The maximum atomic E-state index is 13.9. The van der Waals surface area contributed by atoms with E-state index in [1.165, 1.54) is 18.0 Å². The monoisotopic (exact) mass is 482 g/mol. The summed E-state index contributed by atoms with van der Waals surface area (Å²) in [5, 5.41) is 25.1. The highest BCUT2D eigenvalue weighted by atomic mass is 16.6. The number of hydrogen-bond donors (Lipinski definition) is 3. The number of nitrogens with one attached hydrogen (secondary N) is 1. The maximum Gasteiger partial charge on any atom is 0.422 e. The molecular weight excluding hydrogens is 444 g/mol. The molecule has 3 rings (SSSR count). The van der Waals surface area contributed by atoms with Crippen LogP contribution in [0.3, 0.4) is 0 Å². The van der Waals surface area contributed by atoms with E-state index in [1.807, 2.05) is 13.8 Å². The van der Waals surface area contributed by atoms with E-state index in [0.29, 0.717) is 12.8 Å². The number of amides is 1. The largest absolute Gasteiger partial charge is 0.460 e. The van der Waals surface area contributed by atoms with Gasteiger partial charge in [-0.2, -0.15) is 0 Å². The lowest BCUT2D eigenvalue weighted by Gasteiger charge is -2.71. The molecule has 1 aliphatic heterocycles. The Morgan fingerprint density at radius 2 is 1.88 bits per heavy atom. The van der Waals surface area contributed by atoms with Gasteiger partial charge in [-0.15, -0.1) is 6.58 Å². The van der Waals surface area contributed by atoms with Gasteiger partial charge in [0.05, 0.1) is 11.7 Å². The van der Waals surface area contributed by atoms with Crippen molar-refractivity contribution in [3.63, 3.8) is 0 Å². The molecule has 10 nitrogen and oxygen atoms in total.